The highest BCUT2D eigenvalue weighted by Gasteiger charge is 2.21. The third-order valence-corrected chi connectivity index (χ3v) is 3.08. The molecule has 5 nitrogen and oxygen atoms in total. The summed E-state index contributed by atoms with van der Waals surface area (Å²) in [6.45, 7) is 3.90. The molecule has 1 N–H and O–H groups in total. The van der Waals surface area contributed by atoms with Crippen molar-refractivity contribution in [2.24, 2.45) is 0 Å². The number of benzene rings is 1. The molecule has 0 aromatic heterocycles. The average Bonchev–Trinajstić information content (AvgIpc) is 2.41. The summed E-state index contributed by atoms with van der Waals surface area (Å²) >= 11 is 0. The first kappa shape index (κ1) is 13.5. The predicted octanol–water partition coefficient (Wildman–Crippen LogP) is 1.16. The van der Waals surface area contributed by atoms with Crippen molar-refractivity contribution in [2.45, 2.75) is 13.0 Å². The second-order valence-corrected chi connectivity index (χ2v) is 4.59. The van der Waals surface area contributed by atoms with E-state index < -0.39 is 6.10 Å². The molecule has 100 valence electrons. The van der Waals surface area contributed by atoms with Crippen LogP contribution in [0.25, 0.3) is 0 Å². The van der Waals surface area contributed by atoms with E-state index in [9.17, 15) is 4.79 Å². The summed E-state index contributed by atoms with van der Waals surface area (Å²) in [4.78, 5) is 13.9. The van der Waals surface area contributed by atoms with Crippen LogP contribution < -0.4 is 5.32 Å². The van der Waals surface area contributed by atoms with Crippen LogP contribution in [0, 0.1) is 18.3 Å². The quantitative estimate of drug-likeness (QED) is 0.884. The Morgan fingerprint density at radius 2 is 2.37 bits per heavy atom. The van der Waals surface area contributed by atoms with Crippen LogP contribution in [0.1, 0.15) is 5.56 Å². The van der Waals surface area contributed by atoms with Gasteiger partial charge in [0, 0.05) is 18.8 Å². The highest BCUT2D eigenvalue weighted by atomic mass is 16.5. The lowest BCUT2D eigenvalue weighted by Crippen LogP contribution is -2.45. The number of anilines is 1. The van der Waals surface area contributed by atoms with Crippen LogP contribution in [0.15, 0.2) is 24.3 Å². The molecule has 5 heteroatoms. The maximum absolute atomic E-state index is 12.0. The molecule has 1 aliphatic heterocycles. The number of nitriles is 1. The van der Waals surface area contributed by atoms with Gasteiger partial charge in [-0.2, -0.15) is 5.26 Å². The van der Waals surface area contributed by atoms with Crippen molar-refractivity contribution in [1.29, 1.82) is 5.26 Å². The summed E-state index contributed by atoms with van der Waals surface area (Å²) in [6, 6.07) is 9.73. The molecule has 0 bridgehead atoms. The molecule has 0 spiro atoms. The maximum atomic E-state index is 12.0. The molecule has 1 aliphatic rings. The monoisotopic (exact) mass is 259 g/mol. The maximum Gasteiger partial charge on any atom is 0.238 e. The molecule has 1 saturated heterocycles. The highest BCUT2D eigenvalue weighted by Crippen LogP contribution is 2.13. The predicted molar refractivity (Wildman–Crippen MR) is 71.6 cm³/mol. The van der Waals surface area contributed by atoms with Gasteiger partial charge in [-0.25, -0.2) is 0 Å². The summed E-state index contributed by atoms with van der Waals surface area (Å²) in [6.07, 6.45) is -0.431. The molecule has 1 aromatic rings. The van der Waals surface area contributed by atoms with Gasteiger partial charge < -0.3 is 10.1 Å². The van der Waals surface area contributed by atoms with Crippen molar-refractivity contribution in [3.63, 3.8) is 0 Å². The van der Waals surface area contributed by atoms with Crippen molar-refractivity contribution in [2.75, 3.05) is 31.6 Å². The molecule has 1 fully saturated rings. The van der Waals surface area contributed by atoms with E-state index in [0.717, 1.165) is 11.3 Å². The van der Waals surface area contributed by atoms with Gasteiger partial charge in [0.15, 0.2) is 6.10 Å². The lowest BCUT2D eigenvalue weighted by Gasteiger charge is -2.29. The minimum Gasteiger partial charge on any atom is -0.361 e. The normalized spacial score (nSPS) is 19.7. The fourth-order valence-corrected chi connectivity index (χ4v) is 2.03. The number of nitrogens with one attached hydrogen (secondary N) is 1. The number of morpholine rings is 1. The average molecular weight is 259 g/mol. The van der Waals surface area contributed by atoms with Crippen LogP contribution in [-0.4, -0.2) is 43.2 Å². The van der Waals surface area contributed by atoms with Gasteiger partial charge in [-0.05, 0) is 18.6 Å². The van der Waals surface area contributed by atoms with E-state index in [-0.39, 0.29) is 12.5 Å². The van der Waals surface area contributed by atoms with Gasteiger partial charge in [-0.15, -0.1) is 0 Å². The Hall–Kier alpha value is -1.90. The van der Waals surface area contributed by atoms with Crippen molar-refractivity contribution < 1.29 is 9.53 Å². The largest absolute Gasteiger partial charge is 0.361 e. The third-order valence-electron chi connectivity index (χ3n) is 3.08. The van der Waals surface area contributed by atoms with Crippen LogP contribution in [0.5, 0.6) is 0 Å². The summed E-state index contributed by atoms with van der Waals surface area (Å²) in [5.41, 5.74) is 1.87. The molecule has 19 heavy (non-hydrogen) atoms. The Balaban J connectivity index is 1.88. The van der Waals surface area contributed by atoms with Gasteiger partial charge in [0.25, 0.3) is 0 Å². The van der Waals surface area contributed by atoms with E-state index in [1.807, 2.05) is 36.1 Å². The SMILES string of the molecule is Cc1ccccc1NC(=O)CN1CCOC(C#N)C1. The summed E-state index contributed by atoms with van der Waals surface area (Å²) in [5, 5.41) is 11.7. The molecule has 1 amide bonds. The molecule has 1 aromatic carbocycles. The molecule has 2 rings (SSSR count). The van der Waals surface area contributed by atoms with Crippen LogP contribution in [-0.2, 0) is 9.53 Å². The first-order chi connectivity index (χ1) is 9.19. The second kappa shape index (κ2) is 6.32. The molecule has 1 atom stereocenters. The van der Waals surface area contributed by atoms with E-state index in [1.54, 1.807) is 0 Å². The van der Waals surface area contributed by atoms with E-state index in [0.29, 0.717) is 19.7 Å². The topological polar surface area (TPSA) is 65.4 Å². The zero-order valence-electron chi connectivity index (χ0n) is 10.9. The molecular weight excluding hydrogens is 242 g/mol. The molecule has 0 radical (unpaired) electrons. The minimum absolute atomic E-state index is 0.0621. The molecule has 1 unspecified atom stereocenters. The van der Waals surface area contributed by atoms with E-state index in [1.165, 1.54) is 0 Å². The van der Waals surface area contributed by atoms with Gasteiger partial charge in [-0.1, -0.05) is 18.2 Å². The number of rotatable bonds is 3. The molecule has 0 aliphatic carbocycles. The van der Waals surface area contributed by atoms with Crippen LogP contribution in [0.2, 0.25) is 0 Å². The fraction of sp³-hybridized carbons (Fsp3) is 0.429. The van der Waals surface area contributed by atoms with Crippen molar-refractivity contribution in [3.05, 3.63) is 29.8 Å². The lowest BCUT2D eigenvalue weighted by molar-refractivity contribution is -0.118. The van der Waals surface area contributed by atoms with Gasteiger partial charge in [-0.3, -0.25) is 9.69 Å². The summed E-state index contributed by atoms with van der Waals surface area (Å²) < 4.78 is 5.24. The van der Waals surface area contributed by atoms with Crippen molar-refractivity contribution in [3.8, 4) is 6.07 Å². The number of para-hydroxylation sites is 1. The van der Waals surface area contributed by atoms with E-state index >= 15 is 0 Å². The van der Waals surface area contributed by atoms with Gasteiger partial charge >= 0.3 is 0 Å². The first-order valence-corrected chi connectivity index (χ1v) is 6.28. The Morgan fingerprint density at radius 1 is 1.58 bits per heavy atom. The number of amides is 1. The summed E-state index contributed by atoms with van der Waals surface area (Å²) in [5.74, 6) is -0.0621. The van der Waals surface area contributed by atoms with Crippen molar-refractivity contribution in [1.82, 2.24) is 4.90 Å². The Labute approximate surface area is 112 Å². The van der Waals surface area contributed by atoms with Gasteiger partial charge in [0.05, 0.1) is 19.2 Å². The summed E-state index contributed by atoms with van der Waals surface area (Å²) in [7, 11) is 0. The number of hydrogen-bond donors (Lipinski definition) is 1. The first-order valence-electron chi connectivity index (χ1n) is 6.28. The smallest absolute Gasteiger partial charge is 0.238 e. The number of nitrogens with zero attached hydrogens (tertiary/aromatic N) is 2. The Bertz CT molecular complexity index is 496. The number of carbonyl (C=O) groups is 1. The van der Waals surface area contributed by atoms with Crippen LogP contribution in [0.3, 0.4) is 0 Å². The van der Waals surface area contributed by atoms with Crippen LogP contribution in [0.4, 0.5) is 5.69 Å². The highest BCUT2D eigenvalue weighted by molar-refractivity contribution is 5.92. The number of carbonyl (C=O) groups excluding carboxylic acids is 1. The number of hydrogen-bond acceptors (Lipinski definition) is 4. The fourth-order valence-electron chi connectivity index (χ4n) is 2.03. The third kappa shape index (κ3) is 3.78. The molecular formula is C14H17N3O2. The van der Waals surface area contributed by atoms with E-state index in [2.05, 4.69) is 11.4 Å². The van der Waals surface area contributed by atoms with Crippen molar-refractivity contribution >= 4 is 11.6 Å². The zero-order valence-corrected chi connectivity index (χ0v) is 10.9. The molecule has 1 heterocycles. The standard InChI is InChI=1S/C14H17N3O2/c1-11-4-2-3-5-13(11)16-14(18)10-17-6-7-19-12(8-15)9-17/h2-5,12H,6-7,9-10H2,1H3,(H,16,18). The Morgan fingerprint density at radius 3 is 3.11 bits per heavy atom. The number of aryl methyl sites for hydroxylation is 1. The van der Waals surface area contributed by atoms with Gasteiger partial charge in [0.1, 0.15) is 0 Å². The van der Waals surface area contributed by atoms with E-state index in [4.69, 9.17) is 10.00 Å². The van der Waals surface area contributed by atoms with Crippen LogP contribution >= 0.6 is 0 Å². The number of ether oxygens (including phenoxy) is 1. The lowest BCUT2D eigenvalue weighted by atomic mass is 10.2. The van der Waals surface area contributed by atoms with Gasteiger partial charge in [0.2, 0.25) is 5.91 Å². The Kier molecular flexibility index (Phi) is 4.50. The minimum atomic E-state index is -0.431. The second-order valence-electron chi connectivity index (χ2n) is 4.59. The molecule has 0 saturated carbocycles. The zero-order chi connectivity index (χ0) is 13.7.